The van der Waals surface area contributed by atoms with Gasteiger partial charge in [0, 0.05) is 14.8 Å². The van der Waals surface area contributed by atoms with Crippen molar-refractivity contribution >= 4 is 27.4 Å². The van der Waals surface area contributed by atoms with Crippen LogP contribution in [-0.4, -0.2) is 22.0 Å². The summed E-state index contributed by atoms with van der Waals surface area (Å²) in [5, 5.41) is 0. The van der Waals surface area contributed by atoms with Gasteiger partial charge < -0.3 is 0 Å². The van der Waals surface area contributed by atoms with E-state index in [1.807, 2.05) is 7.17 Å². The predicted molar refractivity (Wildman–Crippen MR) is 62.1 cm³/mol. The van der Waals surface area contributed by atoms with Crippen LogP contribution in [0.3, 0.4) is 0 Å². The van der Waals surface area contributed by atoms with Crippen LogP contribution in [0.25, 0.3) is 0 Å². The van der Waals surface area contributed by atoms with E-state index in [-0.39, 0.29) is 0 Å². The van der Waals surface area contributed by atoms with E-state index in [9.17, 15) is 0 Å². The second kappa shape index (κ2) is 5.21. The van der Waals surface area contributed by atoms with Crippen molar-refractivity contribution in [1.82, 2.24) is 0 Å². The topological polar surface area (TPSA) is 0 Å². The predicted octanol–water partition coefficient (Wildman–Crippen LogP) is 0.980. The zero-order chi connectivity index (χ0) is 9.68. The van der Waals surface area contributed by atoms with Crippen molar-refractivity contribution in [3.05, 3.63) is 29.3 Å². The fraction of sp³-hybridized carbons (Fsp3) is 0.400. The maximum Gasteiger partial charge on any atom is 0.0960 e. The Labute approximate surface area is 84.0 Å². The summed E-state index contributed by atoms with van der Waals surface area (Å²) < 4.78 is 0. The third kappa shape index (κ3) is 2.68. The van der Waals surface area contributed by atoms with E-state index in [4.69, 9.17) is 7.74 Å². The lowest BCUT2D eigenvalue weighted by Gasteiger charge is -2.10. The second-order valence-corrected chi connectivity index (χ2v) is 3.25. The molecule has 0 aromatic heterocycles. The molecule has 0 saturated carbocycles. The molecule has 1 aromatic rings. The molecule has 0 spiro atoms. The molecule has 0 atom stereocenters. The largest absolute Gasteiger partial charge is 0.0960 e. The highest BCUT2D eigenvalue weighted by Gasteiger charge is 2.03. The van der Waals surface area contributed by atoms with Gasteiger partial charge in [0.2, 0.25) is 0 Å². The molecule has 0 bridgehead atoms. The molecule has 1 rings (SSSR count). The molecule has 0 fully saturated rings. The van der Waals surface area contributed by atoms with E-state index < -0.39 is 0 Å². The third-order valence-electron chi connectivity index (χ3n) is 2.22. The van der Waals surface area contributed by atoms with Crippen molar-refractivity contribution in [2.75, 3.05) is 0 Å². The molecule has 0 unspecified atom stereocenters. The second-order valence-electron chi connectivity index (χ2n) is 3.25. The molecule has 4 radical (unpaired) electrons. The summed E-state index contributed by atoms with van der Waals surface area (Å²) in [6, 6.07) is 6.34. The highest BCUT2D eigenvalue weighted by atomic mass is 14.0. The van der Waals surface area contributed by atoms with Gasteiger partial charge in [0.05, 0.1) is 7.17 Å². The monoisotopic (exact) mass is 166 g/mol. The van der Waals surface area contributed by atoms with Gasteiger partial charge in [-0.1, -0.05) is 42.6 Å². The number of rotatable bonds is 4. The minimum Gasteiger partial charge on any atom is -0.0946 e. The summed E-state index contributed by atoms with van der Waals surface area (Å²) in [5.74, 6) is 0. The lowest BCUT2D eigenvalue weighted by Crippen LogP contribution is -2.25. The Morgan fingerprint density at radius 2 is 2.15 bits per heavy atom. The van der Waals surface area contributed by atoms with Crippen LogP contribution in [0.15, 0.2) is 18.2 Å². The van der Waals surface area contributed by atoms with Gasteiger partial charge in [0.1, 0.15) is 0 Å². The lowest BCUT2D eigenvalue weighted by atomic mass is 9.26. The van der Waals surface area contributed by atoms with Gasteiger partial charge in [0.25, 0.3) is 0 Å². The normalized spacial score (nSPS) is 9.69. The van der Waals surface area contributed by atoms with Crippen LogP contribution in [0, 0.1) is 6.92 Å². The smallest absolute Gasteiger partial charge is 0.0946 e. The van der Waals surface area contributed by atoms with E-state index in [0.717, 1.165) is 6.42 Å². The zero-order valence-electron chi connectivity index (χ0n) is 8.38. The molecular formula is C10H13B3. The molecule has 13 heavy (non-hydrogen) atoms. The average molecular weight is 166 g/mol. The first kappa shape index (κ1) is 10.5. The molecule has 1 aromatic carbocycles. The maximum absolute atomic E-state index is 5.40. The Morgan fingerprint density at radius 1 is 1.38 bits per heavy atom. The molecule has 0 saturated heterocycles. The molecule has 0 nitrogen and oxygen atoms in total. The maximum atomic E-state index is 5.40. The Bertz CT molecular complexity index is 271. The van der Waals surface area contributed by atoms with Gasteiger partial charge in [-0.2, -0.15) is 0 Å². The van der Waals surface area contributed by atoms with Crippen LogP contribution in [0.2, 0.25) is 0 Å². The molecule has 0 amide bonds. The summed E-state index contributed by atoms with van der Waals surface area (Å²) >= 11 is 0. The number of hydrogen-bond donors (Lipinski definition) is 0. The standard InChI is InChI=1S/C10H13B3/c1-3-5-9-8(2)6-4-7-10(9)12-13-11/h4,6-7H,3,5H2,1-2H3. The van der Waals surface area contributed by atoms with Gasteiger partial charge in [-0.25, -0.2) is 0 Å². The van der Waals surface area contributed by atoms with Crippen LogP contribution in [0.1, 0.15) is 24.5 Å². The first-order valence-electron chi connectivity index (χ1n) is 4.76. The molecule has 0 aliphatic carbocycles. The van der Waals surface area contributed by atoms with Crippen molar-refractivity contribution in [1.29, 1.82) is 0 Å². The van der Waals surface area contributed by atoms with Crippen molar-refractivity contribution in [2.24, 2.45) is 0 Å². The zero-order valence-corrected chi connectivity index (χ0v) is 8.38. The minimum atomic E-state index is 1.13. The number of benzene rings is 1. The summed E-state index contributed by atoms with van der Waals surface area (Å²) in [6.45, 7) is 4.35. The van der Waals surface area contributed by atoms with Gasteiger partial charge in [-0.15, -0.1) is 0 Å². The molecule has 0 heterocycles. The molecule has 62 valence electrons. The highest BCUT2D eigenvalue weighted by molar-refractivity contribution is 7.27. The van der Waals surface area contributed by atoms with Gasteiger partial charge in [-0.3, -0.25) is 0 Å². The van der Waals surface area contributed by atoms with Gasteiger partial charge in [-0.05, 0) is 18.9 Å². The summed E-state index contributed by atoms with van der Waals surface area (Å²) in [7, 11) is 8.97. The first-order chi connectivity index (χ1) is 6.29. The van der Waals surface area contributed by atoms with E-state index in [1.54, 1.807) is 7.06 Å². The van der Waals surface area contributed by atoms with Crippen molar-refractivity contribution in [3.8, 4) is 0 Å². The third-order valence-corrected chi connectivity index (χ3v) is 2.22. The lowest BCUT2D eigenvalue weighted by molar-refractivity contribution is 0.918. The van der Waals surface area contributed by atoms with E-state index in [1.165, 1.54) is 23.0 Å². The SMILES string of the molecule is [B][B][B]c1cccc(C)c1CCC. The fourth-order valence-electron chi connectivity index (χ4n) is 1.58. The van der Waals surface area contributed by atoms with Crippen molar-refractivity contribution in [2.45, 2.75) is 26.7 Å². The molecule has 3 heteroatoms. The first-order valence-corrected chi connectivity index (χ1v) is 4.76. The Balaban J connectivity index is 2.95. The van der Waals surface area contributed by atoms with Crippen LogP contribution >= 0.6 is 0 Å². The van der Waals surface area contributed by atoms with Gasteiger partial charge in [0.15, 0.2) is 0 Å². The summed E-state index contributed by atoms with van der Waals surface area (Å²) in [4.78, 5) is 0. The van der Waals surface area contributed by atoms with Crippen molar-refractivity contribution < 1.29 is 0 Å². The number of hydrogen-bond acceptors (Lipinski definition) is 0. The highest BCUT2D eigenvalue weighted by Crippen LogP contribution is 2.06. The van der Waals surface area contributed by atoms with Crippen LogP contribution in [0.4, 0.5) is 0 Å². The summed E-state index contributed by atoms with van der Waals surface area (Å²) in [6.07, 6.45) is 2.31. The quantitative estimate of drug-likeness (QED) is 0.584. The minimum absolute atomic E-state index is 1.13. The van der Waals surface area contributed by atoms with E-state index in [2.05, 4.69) is 32.0 Å². The molecule has 0 N–H and O–H groups in total. The molecular weight excluding hydrogens is 153 g/mol. The summed E-state index contributed by atoms with van der Waals surface area (Å²) in [5.41, 5.74) is 4.04. The van der Waals surface area contributed by atoms with Crippen LogP contribution in [-0.2, 0) is 6.42 Å². The van der Waals surface area contributed by atoms with Crippen molar-refractivity contribution in [3.63, 3.8) is 0 Å². The van der Waals surface area contributed by atoms with Crippen LogP contribution < -0.4 is 5.46 Å². The Kier molecular flexibility index (Phi) is 4.21. The Hall–Kier alpha value is -0.585. The molecule has 0 aliphatic rings. The van der Waals surface area contributed by atoms with Gasteiger partial charge >= 0.3 is 0 Å². The average Bonchev–Trinajstić information content (AvgIpc) is 2.11. The van der Waals surface area contributed by atoms with E-state index >= 15 is 0 Å². The number of aryl methyl sites for hydroxylation is 1. The van der Waals surface area contributed by atoms with Crippen LogP contribution in [0.5, 0.6) is 0 Å². The van der Waals surface area contributed by atoms with E-state index in [0.29, 0.717) is 0 Å². The Morgan fingerprint density at radius 3 is 2.77 bits per heavy atom. The fourth-order valence-corrected chi connectivity index (χ4v) is 1.58. The molecule has 0 aliphatic heterocycles.